The molecule has 0 fully saturated rings. The first kappa shape index (κ1) is 22.0. The molecule has 1 amide bonds. The number of fused-ring (bicyclic) bond motifs is 1. The summed E-state index contributed by atoms with van der Waals surface area (Å²) in [6.07, 6.45) is 0. The number of benzene rings is 3. The third-order valence-electron chi connectivity index (χ3n) is 5.23. The van der Waals surface area contributed by atoms with Crippen LogP contribution >= 0.6 is 11.3 Å². The van der Waals surface area contributed by atoms with Gasteiger partial charge in [0.25, 0.3) is 15.9 Å². The van der Waals surface area contributed by atoms with Gasteiger partial charge in [0, 0.05) is 18.3 Å². The minimum absolute atomic E-state index is 0.0332. The number of carbonyl (C=O) groups excluding carboxylic acids is 1. The van der Waals surface area contributed by atoms with Crippen LogP contribution in [-0.2, 0) is 10.0 Å². The van der Waals surface area contributed by atoms with E-state index in [0.717, 1.165) is 20.8 Å². The number of nitrogens with one attached hydrogen (secondary N) is 1. The zero-order chi connectivity index (χ0) is 22.9. The van der Waals surface area contributed by atoms with Crippen LogP contribution < -0.4 is 4.72 Å². The second-order valence-electron chi connectivity index (χ2n) is 7.61. The highest BCUT2D eigenvalue weighted by atomic mass is 32.2. The van der Waals surface area contributed by atoms with Gasteiger partial charge in [-0.2, -0.15) is 0 Å². The third kappa shape index (κ3) is 4.51. The van der Waals surface area contributed by atoms with E-state index in [1.54, 1.807) is 53.6 Å². The predicted octanol–water partition coefficient (Wildman–Crippen LogP) is 5.24. The summed E-state index contributed by atoms with van der Waals surface area (Å²) >= 11 is 1.55. The lowest BCUT2D eigenvalue weighted by atomic mass is 10.2. The molecule has 1 heterocycles. The Bertz CT molecular complexity index is 1360. The molecule has 4 rings (SSSR count). The minimum Gasteiger partial charge on any atom is -0.333 e. The highest BCUT2D eigenvalue weighted by Crippen LogP contribution is 2.29. The number of carbonyl (C=O) groups is 1. The fraction of sp³-hybridized carbons (Fsp3) is 0.167. The predicted molar refractivity (Wildman–Crippen MR) is 129 cm³/mol. The molecular weight excluding hydrogens is 442 g/mol. The van der Waals surface area contributed by atoms with E-state index in [9.17, 15) is 13.2 Å². The summed E-state index contributed by atoms with van der Waals surface area (Å²) in [4.78, 5) is 19.4. The normalized spacial score (nSPS) is 12.5. The van der Waals surface area contributed by atoms with E-state index >= 15 is 0 Å². The maximum absolute atomic E-state index is 13.1. The molecular formula is C24H23N3O3S2. The summed E-state index contributed by atoms with van der Waals surface area (Å²) in [6, 6.07) is 20.8. The number of thiazole rings is 1. The maximum atomic E-state index is 13.1. The van der Waals surface area contributed by atoms with Gasteiger partial charge in [-0.15, -0.1) is 11.3 Å². The summed E-state index contributed by atoms with van der Waals surface area (Å²) in [5, 5.41) is 0.826. The van der Waals surface area contributed by atoms with Gasteiger partial charge in [0.2, 0.25) is 0 Å². The van der Waals surface area contributed by atoms with Crippen molar-refractivity contribution >= 4 is 43.2 Å². The molecule has 0 saturated carbocycles. The number of amides is 1. The molecule has 8 heteroatoms. The van der Waals surface area contributed by atoms with Gasteiger partial charge >= 0.3 is 0 Å². The van der Waals surface area contributed by atoms with E-state index in [2.05, 4.69) is 9.71 Å². The van der Waals surface area contributed by atoms with Crippen molar-refractivity contribution < 1.29 is 13.2 Å². The molecule has 1 atom stereocenters. The molecule has 0 radical (unpaired) electrons. The molecule has 0 unspecified atom stereocenters. The molecule has 1 aromatic heterocycles. The Hall–Kier alpha value is -3.23. The molecule has 4 aromatic rings. The third-order valence-corrected chi connectivity index (χ3v) is 7.82. The Kier molecular flexibility index (Phi) is 5.99. The second-order valence-corrected chi connectivity index (χ2v) is 10.4. The summed E-state index contributed by atoms with van der Waals surface area (Å²) in [7, 11) is -2.13. The first-order chi connectivity index (χ1) is 15.2. The summed E-state index contributed by atoms with van der Waals surface area (Å²) in [5.74, 6) is -0.274. The number of rotatable bonds is 6. The van der Waals surface area contributed by atoms with Gasteiger partial charge in [-0.25, -0.2) is 13.4 Å². The number of hydrogen-bond acceptors (Lipinski definition) is 5. The second kappa shape index (κ2) is 8.72. The van der Waals surface area contributed by atoms with Crippen LogP contribution in [0.1, 0.15) is 33.9 Å². The molecule has 32 heavy (non-hydrogen) atoms. The Morgan fingerprint density at radius 2 is 1.78 bits per heavy atom. The smallest absolute Gasteiger partial charge is 0.261 e. The fourth-order valence-electron chi connectivity index (χ4n) is 3.33. The van der Waals surface area contributed by atoms with E-state index in [0.29, 0.717) is 11.3 Å². The topological polar surface area (TPSA) is 79.4 Å². The van der Waals surface area contributed by atoms with E-state index in [-0.39, 0.29) is 16.8 Å². The molecule has 0 aliphatic heterocycles. The van der Waals surface area contributed by atoms with Crippen LogP contribution in [0.2, 0.25) is 0 Å². The summed E-state index contributed by atoms with van der Waals surface area (Å²) in [6.45, 7) is 3.80. The van der Waals surface area contributed by atoms with Crippen LogP contribution in [-0.4, -0.2) is 31.3 Å². The summed E-state index contributed by atoms with van der Waals surface area (Å²) < 4.78 is 29.4. The van der Waals surface area contributed by atoms with Crippen molar-refractivity contribution in [3.8, 4) is 0 Å². The van der Waals surface area contributed by atoms with Crippen LogP contribution in [0.3, 0.4) is 0 Å². The van der Waals surface area contributed by atoms with Crippen molar-refractivity contribution in [2.75, 3.05) is 11.8 Å². The van der Waals surface area contributed by atoms with Gasteiger partial charge in [0.15, 0.2) is 0 Å². The molecule has 3 aromatic carbocycles. The zero-order valence-corrected chi connectivity index (χ0v) is 19.6. The Labute approximate surface area is 191 Å². The van der Waals surface area contributed by atoms with Crippen molar-refractivity contribution in [2.24, 2.45) is 0 Å². The van der Waals surface area contributed by atoms with Crippen molar-refractivity contribution in [3.63, 3.8) is 0 Å². The lowest BCUT2D eigenvalue weighted by Crippen LogP contribution is -2.29. The van der Waals surface area contributed by atoms with E-state index in [1.165, 1.54) is 12.1 Å². The Morgan fingerprint density at radius 1 is 1.03 bits per heavy atom. The van der Waals surface area contributed by atoms with Crippen molar-refractivity contribution in [3.05, 3.63) is 88.9 Å². The molecule has 0 saturated heterocycles. The van der Waals surface area contributed by atoms with Gasteiger partial charge in [0.1, 0.15) is 5.01 Å². The SMILES string of the molecule is Cc1cccc(NS(=O)(=O)c2cccc(C(=O)N(C)[C@@H](C)c3nc4ccccc4s3)c2)c1. The molecule has 0 aliphatic carbocycles. The molecule has 1 N–H and O–H groups in total. The van der Waals surface area contributed by atoms with Crippen molar-refractivity contribution in [1.82, 2.24) is 9.88 Å². The lowest BCUT2D eigenvalue weighted by molar-refractivity contribution is 0.0742. The standard InChI is InChI=1S/C24H23N3O3S2/c1-16-8-6-10-19(14-16)26-32(29,30)20-11-7-9-18(15-20)24(28)27(3)17(2)23-25-21-12-4-5-13-22(21)31-23/h4-15,17,26H,1-3H3/t17-/m0/s1. The van der Waals surface area contributed by atoms with Gasteiger partial charge in [0.05, 0.1) is 21.2 Å². The van der Waals surface area contributed by atoms with Crippen LogP contribution in [0.5, 0.6) is 0 Å². The number of hydrogen-bond donors (Lipinski definition) is 1. The summed E-state index contributed by atoms with van der Waals surface area (Å²) in [5.41, 5.74) is 2.62. The minimum atomic E-state index is -3.83. The van der Waals surface area contributed by atoms with Gasteiger partial charge < -0.3 is 4.90 Å². The van der Waals surface area contributed by atoms with E-state index in [1.807, 2.05) is 44.2 Å². The average Bonchev–Trinajstić information content (AvgIpc) is 3.22. The number of aryl methyl sites for hydroxylation is 1. The largest absolute Gasteiger partial charge is 0.333 e. The first-order valence-corrected chi connectivity index (χ1v) is 12.4. The lowest BCUT2D eigenvalue weighted by Gasteiger charge is -2.23. The monoisotopic (exact) mass is 465 g/mol. The number of aromatic nitrogens is 1. The highest BCUT2D eigenvalue weighted by molar-refractivity contribution is 7.92. The van der Waals surface area contributed by atoms with E-state index < -0.39 is 10.0 Å². The van der Waals surface area contributed by atoms with Crippen molar-refractivity contribution in [2.45, 2.75) is 24.8 Å². The molecule has 0 aliphatic rings. The number of nitrogens with zero attached hydrogens (tertiary/aromatic N) is 2. The average molecular weight is 466 g/mol. The Morgan fingerprint density at radius 3 is 2.53 bits per heavy atom. The quantitative estimate of drug-likeness (QED) is 0.422. The van der Waals surface area contributed by atoms with Crippen LogP contribution in [0.4, 0.5) is 5.69 Å². The molecule has 0 spiro atoms. The molecule has 0 bridgehead atoms. The zero-order valence-electron chi connectivity index (χ0n) is 17.9. The molecule has 164 valence electrons. The highest BCUT2D eigenvalue weighted by Gasteiger charge is 2.23. The van der Waals surface area contributed by atoms with Gasteiger partial charge in [-0.1, -0.05) is 30.3 Å². The van der Waals surface area contributed by atoms with Gasteiger partial charge in [-0.3, -0.25) is 9.52 Å². The Balaban J connectivity index is 1.57. The number of sulfonamides is 1. The van der Waals surface area contributed by atoms with Crippen molar-refractivity contribution in [1.29, 1.82) is 0 Å². The first-order valence-electron chi connectivity index (χ1n) is 10.1. The maximum Gasteiger partial charge on any atom is 0.261 e. The van der Waals surface area contributed by atoms with Crippen LogP contribution in [0.25, 0.3) is 10.2 Å². The van der Waals surface area contributed by atoms with Gasteiger partial charge in [-0.05, 0) is 61.9 Å². The molecule has 6 nitrogen and oxygen atoms in total. The number of para-hydroxylation sites is 1. The fourth-order valence-corrected chi connectivity index (χ4v) is 5.49. The van der Waals surface area contributed by atoms with E-state index in [4.69, 9.17) is 0 Å². The van der Waals surface area contributed by atoms with Crippen LogP contribution in [0, 0.1) is 6.92 Å². The number of anilines is 1. The van der Waals surface area contributed by atoms with Crippen LogP contribution in [0.15, 0.2) is 77.7 Å².